The molecule has 170 valence electrons. The molecule has 0 aliphatic rings. The summed E-state index contributed by atoms with van der Waals surface area (Å²) in [5.74, 6) is -1.19. The summed E-state index contributed by atoms with van der Waals surface area (Å²) in [4.78, 5) is 49.7. The molecule has 1 heterocycles. The molecule has 1 atom stereocenters. The second kappa shape index (κ2) is 10.0. The summed E-state index contributed by atoms with van der Waals surface area (Å²) >= 11 is 0. The van der Waals surface area contributed by atoms with E-state index in [0.717, 1.165) is 10.2 Å². The van der Waals surface area contributed by atoms with Crippen LogP contribution in [0, 0.1) is 5.92 Å². The van der Waals surface area contributed by atoms with Crippen molar-refractivity contribution in [3.8, 4) is 11.3 Å². The number of hydrogen-bond acceptors (Lipinski definition) is 5. The van der Waals surface area contributed by atoms with Crippen molar-refractivity contribution in [2.45, 2.75) is 33.7 Å². The number of Topliss-reactive ketones (excluding diaryl/α,β-unsaturated/α-hetero) is 1. The Kier molecular flexibility index (Phi) is 7.17. The maximum atomic E-state index is 13.1. The number of ketones is 1. The average Bonchev–Trinajstić information content (AvgIpc) is 2.80. The minimum atomic E-state index is -0.969. The van der Waals surface area contributed by atoms with Crippen molar-refractivity contribution < 1.29 is 14.4 Å². The second-order valence-corrected chi connectivity index (χ2v) is 8.00. The van der Waals surface area contributed by atoms with Gasteiger partial charge in [0.25, 0.3) is 5.56 Å². The summed E-state index contributed by atoms with van der Waals surface area (Å²) in [5.41, 5.74) is 1.65. The smallest absolute Gasteiger partial charge is 0.291 e. The Morgan fingerprint density at radius 1 is 0.879 bits per heavy atom. The van der Waals surface area contributed by atoms with Crippen molar-refractivity contribution in [1.29, 1.82) is 0 Å². The van der Waals surface area contributed by atoms with Crippen LogP contribution < -0.4 is 16.2 Å². The number of amides is 2. The van der Waals surface area contributed by atoms with Gasteiger partial charge in [-0.1, -0.05) is 44.2 Å². The normalized spacial score (nSPS) is 11.7. The minimum Gasteiger partial charge on any atom is -0.324 e. The lowest BCUT2D eigenvalue weighted by Crippen LogP contribution is -2.36. The first kappa shape index (κ1) is 23.6. The molecule has 0 saturated carbocycles. The molecule has 2 N–H and O–H groups in total. The molecule has 0 fully saturated rings. The predicted molar refractivity (Wildman–Crippen MR) is 127 cm³/mol. The zero-order valence-electron chi connectivity index (χ0n) is 19.0. The summed E-state index contributed by atoms with van der Waals surface area (Å²) in [7, 11) is 0. The number of rotatable bonds is 7. The van der Waals surface area contributed by atoms with Gasteiger partial charge in [0.15, 0.2) is 5.78 Å². The van der Waals surface area contributed by atoms with Gasteiger partial charge in [-0.3, -0.25) is 19.2 Å². The van der Waals surface area contributed by atoms with Crippen molar-refractivity contribution in [2.24, 2.45) is 5.92 Å². The zero-order valence-corrected chi connectivity index (χ0v) is 19.0. The Balaban J connectivity index is 1.97. The molecule has 0 saturated heterocycles. The fourth-order valence-electron chi connectivity index (χ4n) is 3.04. The van der Waals surface area contributed by atoms with Crippen LogP contribution in [0.25, 0.3) is 11.3 Å². The van der Waals surface area contributed by atoms with E-state index in [0.29, 0.717) is 16.9 Å². The number of carbonyl (C=O) groups excluding carboxylic acids is 3. The monoisotopic (exact) mass is 446 g/mol. The largest absolute Gasteiger partial charge is 0.324 e. The Hall–Kier alpha value is -4.07. The van der Waals surface area contributed by atoms with Crippen LogP contribution in [0.15, 0.2) is 65.5 Å². The van der Waals surface area contributed by atoms with Crippen LogP contribution in [0.3, 0.4) is 0 Å². The van der Waals surface area contributed by atoms with Crippen molar-refractivity contribution >= 4 is 29.0 Å². The van der Waals surface area contributed by atoms with E-state index in [9.17, 15) is 19.2 Å². The third kappa shape index (κ3) is 5.60. The van der Waals surface area contributed by atoms with Gasteiger partial charge in [-0.15, -0.1) is 0 Å². The van der Waals surface area contributed by atoms with E-state index in [1.807, 2.05) is 30.3 Å². The van der Waals surface area contributed by atoms with Gasteiger partial charge in [-0.05, 0) is 44.2 Å². The Bertz CT molecular complexity index is 1230. The SMILES string of the molecule is CC(=O)c1ccc(NC(=O)C(C)n2nc(-c3ccccc3)cc(NC(=O)C(C)C)c2=O)cc1. The van der Waals surface area contributed by atoms with Crippen LogP contribution in [0.2, 0.25) is 0 Å². The number of hydrogen-bond donors (Lipinski definition) is 2. The summed E-state index contributed by atoms with van der Waals surface area (Å²) < 4.78 is 1.07. The van der Waals surface area contributed by atoms with Crippen molar-refractivity contribution in [2.75, 3.05) is 10.6 Å². The molecule has 8 heteroatoms. The third-order valence-electron chi connectivity index (χ3n) is 5.09. The second-order valence-electron chi connectivity index (χ2n) is 8.00. The molecule has 3 aromatic rings. The van der Waals surface area contributed by atoms with Gasteiger partial charge >= 0.3 is 0 Å². The van der Waals surface area contributed by atoms with Gasteiger partial charge in [0.2, 0.25) is 11.8 Å². The summed E-state index contributed by atoms with van der Waals surface area (Å²) in [5, 5.41) is 9.78. The van der Waals surface area contributed by atoms with E-state index >= 15 is 0 Å². The first-order valence-corrected chi connectivity index (χ1v) is 10.6. The highest BCUT2D eigenvalue weighted by Crippen LogP contribution is 2.20. The quantitative estimate of drug-likeness (QED) is 0.535. The van der Waals surface area contributed by atoms with Crippen LogP contribution in [0.4, 0.5) is 11.4 Å². The average molecular weight is 447 g/mol. The number of nitrogens with zero attached hydrogens (tertiary/aromatic N) is 2. The van der Waals surface area contributed by atoms with Gasteiger partial charge in [0.05, 0.1) is 5.69 Å². The molecule has 0 aliphatic heterocycles. The fraction of sp³-hybridized carbons (Fsp3) is 0.240. The van der Waals surface area contributed by atoms with Crippen molar-refractivity contribution in [1.82, 2.24) is 9.78 Å². The lowest BCUT2D eigenvalue weighted by Gasteiger charge is -2.17. The number of benzene rings is 2. The highest BCUT2D eigenvalue weighted by atomic mass is 16.2. The molecule has 0 radical (unpaired) electrons. The number of anilines is 2. The van der Waals surface area contributed by atoms with Gasteiger partial charge in [0.1, 0.15) is 11.7 Å². The van der Waals surface area contributed by atoms with Crippen LogP contribution >= 0.6 is 0 Å². The molecular formula is C25H26N4O4. The fourth-order valence-corrected chi connectivity index (χ4v) is 3.04. The lowest BCUT2D eigenvalue weighted by molar-refractivity contribution is -0.119. The number of carbonyl (C=O) groups is 3. The van der Waals surface area contributed by atoms with Gasteiger partial charge < -0.3 is 10.6 Å². The number of aromatic nitrogens is 2. The topological polar surface area (TPSA) is 110 Å². The predicted octanol–water partition coefficient (Wildman–Crippen LogP) is 3.91. The molecule has 3 rings (SSSR count). The Morgan fingerprint density at radius 3 is 2.09 bits per heavy atom. The Labute approximate surface area is 191 Å². The summed E-state index contributed by atoms with van der Waals surface area (Å²) in [6.07, 6.45) is 0. The van der Waals surface area contributed by atoms with Crippen LogP contribution in [-0.4, -0.2) is 27.4 Å². The lowest BCUT2D eigenvalue weighted by atomic mass is 10.1. The highest BCUT2D eigenvalue weighted by Gasteiger charge is 2.22. The molecule has 33 heavy (non-hydrogen) atoms. The summed E-state index contributed by atoms with van der Waals surface area (Å²) in [6, 6.07) is 16.2. The van der Waals surface area contributed by atoms with Crippen LogP contribution in [0.1, 0.15) is 44.1 Å². The molecule has 0 spiro atoms. The van der Waals surface area contributed by atoms with Crippen LogP contribution in [-0.2, 0) is 9.59 Å². The molecule has 1 aromatic heterocycles. The molecule has 8 nitrogen and oxygen atoms in total. The van der Waals surface area contributed by atoms with E-state index in [4.69, 9.17) is 0 Å². The standard InChI is InChI=1S/C25H26N4O4/c1-15(2)23(31)27-22-14-21(19-8-6-5-7-9-19)28-29(25(22)33)16(3)24(32)26-20-12-10-18(11-13-20)17(4)30/h5-16H,1-4H3,(H,26,32)(H,27,31). The molecule has 1 unspecified atom stereocenters. The number of nitrogens with one attached hydrogen (secondary N) is 2. The summed E-state index contributed by atoms with van der Waals surface area (Å²) in [6.45, 7) is 6.46. The molecule has 0 aliphatic carbocycles. The van der Waals surface area contributed by atoms with Crippen molar-refractivity contribution in [3.05, 3.63) is 76.6 Å². The van der Waals surface area contributed by atoms with E-state index in [2.05, 4.69) is 15.7 Å². The van der Waals surface area contributed by atoms with Crippen molar-refractivity contribution in [3.63, 3.8) is 0 Å². The van der Waals surface area contributed by atoms with Gasteiger partial charge in [-0.25, -0.2) is 4.68 Å². The molecule has 0 bridgehead atoms. The van der Waals surface area contributed by atoms with E-state index < -0.39 is 17.5 Å². The van der Waals surface area contributed by atoms with Gasteiger partial charge in [0, 0.05) is 22.7 Å². The molecule has 2 amide bonds. The van der Waals surface area contributed by atoms with Gasteiger partial charge in [-0.2, -0.15) is 5.10 Å². The first-order chi connectivity index (χ1) is 15.7. The van der Waals surface area contributed by atoms with E-state index in [1.165, 1.54) is 13.0 Å². The highest BCUT2D eigenvalue weighted by molar-refractivity contribution is 5.96. The molecule has 2 aromatic carbocycles. The third-order valence-corrected chi connectivity index (χ3v) is 5.09. The first-order valence-electron chi connectivity index (χ1n) is 10.6. The van der Waals surface area contributed by atoms with E-state index in [-0.39, 0.29) is 23.3 Å². The van der Waals surface area contributed by atoms with Crippen LogP contribution in [0.5, 0.6) is 0 Å². The molecular weight excluding hydrogens is 420 g/mol. The Morgan fingerprint density at radius 2 is 1.52 bits per heavy atom. The maximum absolute atomic E-state index is 13.1. The van der Waals surface area contributed by atoms with E-state index in [1.54, 1.807) is 45.0 Å². The maximum Gasteiger partial charge on any atom is 0.291 e. The zero-order chi connectivity index (χ0) is 24.1. The minimum absolute atomic E-state index is 0.0491.